The predicted molar refractivity (Wildman–Crippen MR) is 151 cm³/mol. The number of nitrogens with zero attached hydrogens (tertiary/aromatic N) is 1. The van der Waals surface area contributed by atoms with E-state index in [4.69, 9.17) is 0 Å². The summed E-state index contributed by atoms with van der Waals surface area (Å²) in [4.78, 5) is 0. The Morgan fingerprint density at radius 2 is 1.31 bits per heavy atom. The van der Waals surface area contributed by atoms with Crippen molar-refractivity contribution in [2.24, 2.45) is 0 Å². The lowest BCUT2D eigenvalue weighted by atomic mass is 9.82. The molecule has 1 heterocycles. The Morgan fingerprint density at radius 1 is 0.600 bits per heavy atom. The molecule has 1 aromatic heterocycles. The summed E-state index contributed by atoms with van der Waals surface area (Å²) in [6, 6.07) is 39.9. The Bertz CT molecular complexity index is 1790. The smallest absolute Gasteiger partial charge is 0.0547 e. The summed E-state index contributed by atoms with van der Waals surface area (Å²) in [7, 11) is 0. The topological polar surface area (TPSA) is 4.93 Å². The van der Waals surface area contributed by atoms with Gasteiger partial charge in [0, 0.05) is 26.2 Å². The van der Waals surface area contributed by atoms with Gasteiger partial charge in [0.2, 0.25) is 0 Å². The molecule has 168 valence electrons. The molecule has 7 rings (SSSR count). The predicted octanol–water partition coefficient (Wildman–Crippen LogP) is 9.52. The van der Waals surface area contributed by atoms with Crippen LogP contribution in [-0.2, 0) is 5.41 Å². The molecule has 0 unspecified atom stereocenters. The maximum absolute atomic E-state index is 3.64. The Hall–Kier alpha value is -3.62. The fourth-order valence-corrected chi connectivity index (χ4v) is 6.40. The molecule has 0 radical (unpaired) electrons. The second-order valence-corrected chi connectivity index (χ2v) is 10.9. The Balaban J connectivity index is 1.60. The quantitative estimate of drug-likeness (QED) is 0.217. The van der Waals surface area contributed by atoms with Crippen molar-refractivity contribution >= 4 is 37.7 Å². The van der Waals surface area contributed by atoms with E-state index < -0.39 is 0 Å². The van der Waals surface area contributed by atoms with E-state index in [0.29, 0.717) is 0 Å². The summed E-state index contributed by atoms with van der Waals surface area (Å²) < 4.78 is 3.57. The highest BCUT2D eigenvalue weighted by atomic mass is 79.9. The summed E-state index contributed by atoms with van der Waals surface area (Å²) in [5.74, 6) is 0. The summed E-state index contributed by atoms with van der Waals surface area (Å²) in [6.45, 7) is 4.69. The third-order valence-electron chi connectivity index (χ3n) is 7.66. The highest BCUT2D eigenvalue weighted by molar-refractivity contribution is 9.10. The third-order valence-corrected chi connectivity index (χ3v) is 8.15. The molecule has 0 amide bonds. The van der Waals surface area contributed by atoms with E-state index in [2.05, 4.69) is 144 Å². The molecule has 0 aliphatic heterocycles. The van der Waals surface area contributed by atoms with Crippen LogP contribution in [0, 0.1) is 0 Å². The molecule has 5 aromatic carbocycles. The molecule has 1 nitrogen and oxygen atoms in total. The van der Waals surface area contributed by atoms with Crippen molar-refractivity contribution in [1.29, 1.82) is 0 Å². The monoisotopic (exact) mass is 513 g/mol. The molecule has 35 heavy (non-hydrogen) atoms. The number of hydrogen-bond donors (Lipinski definition) is 0. The molecular weight excluding hydrogens is 490 g/mol. The van der Waals surface area contributed by atoms with Crippen molar-refractivity contribution < 1.29 is 0 Å². The zero-order valence-electron chi connectivity index (χ0n) is 19.7. The lowest BCUT2D eigenvalue weighted by molar-refractivity contribution is 0.660. The number of benzene rings is 5. The maximum Gasteiger partial charge on any atom is 0.0547 e. The van der Waals surface area contributed by atoms with Gasteiger partial charge in [0.1, 0.15) is 0 Å². The number of hydrogen-bond acceptors (Lipinski definition) is 0. The van der Waals surface area contributed by atoms with E-state index in [9.17, 15) is 0 Å². The van der Waals surface area contributed by atoms with Gasteiger partial charge in [-0.05, 0) is 58.1 Å². The van der Waals surface area contributed by atoms with Crippen LogP contribution in [0.5, 0.6) is 0 Å². The first-order chi connectivity index (χ1) is 17.0. The van der Waals surface area contributed by atoms with Gasteiger partial charge in [0.05, 0.1) is 16.7 Å². The first-order valence-electron chi connectivity index (χ1n) is 12.1. The van der Waals surface area contributed by atoms with E-state index in [0.717, 1.165) is 4.47 Å². The van der Waals surface area contributed by atoms with Crippen molar-refractivity contribution in [3.05, 3.63) is 125 Å². The fourth-order valence-electron chi connectivity index (χ4n) is 6.00. The zero-order chi connectivity index (χ0) is 23.7. The van der Waals surface area contributed by atoms with Crippen LogP contribution in [0.1, 0.15) is 25.0 Å². The largest absolute Gasteiger partial charge is 0.309 e. The standard InChI is InChI=1S/C33H24BrN/c1-33(2)27-13-5-3-12-26(27)32-28(33)14-8-16-30(32)35-29-15-6-4-11-24(29)25-18-17-22(20-31(25)35)21-9-7-10-23(34)19-21/h3-20H,1-2H3. The average molecular weight is 514 g/mol. The molecule has 1 aliphatic carbocycles. The van der Waals surface area contributed by atoms with Gasteiger partial charge in [-0.15, -0.1) is 0 Å². The fraction of sp³-hybridized carbons (Fsp3) is 0.0909. The van der Waals surface area contributed by atoms with Gasteiger partial charge < -0.3 is 4.57 Å². The molecule has 0 fully saturated rings. The van der Waals surface area contributed by atoms with E-state index in [-0.39, 0.29) is 5.41 Å². The second kappa shape index (κ2) is 7.44. The second-order valence-electron chi connectivity index (χ2n) is 9.97. The molecule has 0 N–H and O–H groups in total. The van der Waals surface area contributed by atoms with Crippen LogP contribution in [0.3, 0.4) is 0 Å². The van der Waals surface area contributed by atoms with E-state index in [1.54, 1.807) is 0 Å². The number of aromatic nitrogens is 1. The summed E-state index contributed by atoms with van der Waals surface area (Å²) in [5, 5.41) is 2.56. The van der Waals surface area contributed by atoms with Gasteiger partial charge >= 0.3 is 0 Å². The number of rotatable bonds is 2. The minimum Gasteiger partial charge on any atom is -0.309 e. The van der Waals surface area contributed by atoms with E-state index in [1.165, 1.54) is 60.9 Å². The van der Waals surface area contributed by atoms with Crippen LogP contribution in [0.4, 0.5) is 0 Å². The van der Waals surface area contributed by atoms with Crippen molar-refractivity contribution in [3.8, 4) is 27.9 Å². The molecule has 2 heteroatoms. The van der Waals surface area contributed by atoms with Crippen molar-refractivity contribution in [2.75, 3.05) is 0 Å². The highest BCUT2D eigenvalue weighted by Crippen LogP contribution is 2.51. The van der Waals surface area contributed by atoms with Crippen LogP contribution in [0.2, 0.25) is 0 Å². The third kappa shape index (κ3) is 2.93. The van der Waals surface area contributed by atoms with Gasteiger partial charge in [-0.1, -0.05) is 109 Å². The van der Waals surface area contributed by atoms with Crippen LogP contribution < -0.4 is 0 Å². The highest BCUT2D eigenvalue weighted by Gasteiger charge is 2.37. The van der Waals surface area contributed by atoms with Gasteiger partial charge in [-0.3, -0.25) is 0 Å². The Morgan fingerprint density at radius 3 is 2.20 bits per heavy atom. The van der Waals surface area contributed by atoms with Crippen molar-refractivity contribution in [3.63, 3.8) is 0 Å². The lowest BCUT2D eigenvalue weighted by Crippen LogP contribution is -2.14. The number of halogens is 1. The van der Waals surface area contributed by atoms with Crippen LogP contribution in [-0.4, -0.2) is 4.57 Å². The Kier molecular flexibility index (Phi) is 4.40. The van der Waals surface area contributed by atoms with E-state index >= 15 is 0 Å². The van der Waals surface area contributed by atoms with Gasteiger partial charge in [-0.2, -0.15) is 0 Å². The number of para-hydroxylation sites is 1. The zero-order valence-corrected chi connectivity index (χ0v) is 21.3. The molecule has 0 saturated heterocycles. The average Bonchev–Trinajstić information content (AvgIpc) is 3.33. The van der Waals surface area contributed by atoms with Crippen molar-refractivity contribution in [2.45, 2.75) is 19.3 Å². The molecule has 0 atom stereocenters. The first kappa shape index (κ1) is 20.7. The van der Waals surface area contributed by atoms with Crippen LogP contribution in [0.25, 0.3) is 49.7 Å². The van der Waals surface area contributed by atoms with E-state index in [1.807, 2.05) is 0 Å². The van der Waals surface area contributed by atoms with Crippen molar-refractivity contribution in [1.82, 2.24) is 4.57 Å². The lowest BCUT2D eigenvalue weighted by Gasteiger charge is -2.22. The number of fused-ring (bicyclic) bond motifs is 6. The Labute approximate surface area is 213 Å². The summed E-state index contributed by atoms with van der Waals surface area (Å²) in [5.41, 5.74) is 11.6. The summed E-state index contributed by atoms with van der Waals surface area (Å²) >= 11 is 3.64. The van der Waals surface area contributed by atoms with Crippen LogP contribution >= 0.6 is 15.9 Å². The molecule has 0 bridgehead atoms. The molecular formula is C33H24BrN. The SMILES string of the molecule is CC1(C)c2ccccc2-c2c(-n3c4ccccc4c4ccc(-c5cccc(Br)c5)cc43)cccc21. The molecule has 1 aliphatic rings. The molecule has 6 aromatic rings. The minimum atomic E-state index is -0.0256. The minimum absolute atomic E-state index is 0.0256. The maximum atomic E-state index is 3.64. The van der Waals surface area contributed by atoms with Gasteiger partial charge in [-0.25, -0.2) is 0 Å². The summed E-state index contributed by atoms with van der Waals surface area (Å²) in [6.07, 6.45) is 0. The first-order valence-corrected chi connectivity index (χ1v) is 12.9. The normalized spacial score (nSPS) is 13.8. The molecule has 0 spiro atoms. The van der Waals surface area contributed by atoms with Gasteiger partial charge in [0.25, 0.3) is 0 Å². The molecule has 0 saturated carbocycles. The van der Waals surface area contributed by atoms with Crippen LogP contribution in [0.15, 0.2) is 114 Å². The van der Waals surface area contributed by atoms with Gasteiger partial charge in [0.15, 0.2) is 0 Å².